The highest BCUT2D eigenvalue weighted by atomic mass is 16.5. The molecule has 0 aliphatic rings. The molecule has 0 aliphatic heterocycles. The Morgan fingerprint density at radius 3 is 2.47 bits per heavy atom. The van der Waals surface area contributed by atoms with Crippen molar-refractivity contribution in [1.82, 2.24) is 10.6 Å². The Balaban J connectivity index is 4.39. The van der Waals surface area contributed by atoms with Crippen LogP contribution in [0.3, 0.4) is 0 Å². The number of aliphatic hydroxyl groups excluding tert-OH is 1. The molecule has 0 aromatic carbocycles. The number of carbonyl (C=O) groups excluding carboxylic acids is 2. The summed E-state index contributed by atoms with van der Waals surface area (Å²) in [7, 11) is 1.52. The molecule has 0 unspecified atom stereocenters. The molecule has 0 bridgehead atoms. The molecule has 17 heavy (non-hydrogen) atoms. The fourth-order valence-corrected chi connectivity index (χ4v) is 1.26. The SMILES string of the molecule is COCC(C)(C)NC(=O)[C@H](CO)NC(=O)CN. The molecule has 100 valence electrons. The van der Waals surface area contributed by atoms with Gasteiger partial charge < -0.3 is 26.2 Å². The van der Waals surface area contributed by atoms with Crippen LogP contribution < -0.4 is 16.4 Å². The van der Waals surface area contributed by atoms with Gasteiger partial charge in [0.15, 0.2) is 0 Å². The van der Waals surface area contributed by atoms with Gasteiger partial charge in [-0.25, -0.2) is 0 Å². The molecule has 0 spiro atoms. The average Bonchev–Trinajstić information content (AvgIpc) is 2.24. The summed E-state index contributed by atoms with van der Waals surface area (Å²) in [6, 6.07) is -0.998. The van der Waals surface area contributed by atoms with E-state index in [1.54, 1.807) is 13.8 Å². The number of methoxy groups -OCH3 is 1. The summed E-state index contributed by atoms with van der Waals surface area (Å²) < 4.78 is 4.94. The normalized spacial score (nSPS) is 13.0. The van der Waals surface area contributed by atoms with E-state index in [1.807, 2.05) is 0 Å². The molecule has 2 amide bonds. The Kier molecular flexibility index (Phi) is 6.71. The minimum atomic E-state index is -0.998. The first-order valence-corrected chi connectivity index (χ1v) is 5.27. The molecule has 0 radical (unpaired) electrons. The number of amides is 2. The topological polar surface area (TPSA) is 114 Å². The van der Waals surface area contributed by atoms with Gasteiger partial charge in [0.05, 0.1) is 25.3 Å². The first-order valence-electron chi connectivity index (χ1n) is 5.27. The van der Waals surface area contributed by atoms with Gasteiger partial charge in [-0.1, -0.05) is 0 Å². The molecule has 0 saturated heterocycles. The van der Waals surface area contributed by atoms with Crippen molar-refractivity contribution in [3.63, 3.8) is 0 Å². The molecule has 0 aromatic heterocycles. The molecule has 0 rings (SSSR count). The minimum absolute atomic E-state index is 0.231. The van der Waals surface area contributed by atoms with Crippen LogP contribution >= 0.6 is 0 Å². The maximum absolute atomic E-state index is 11.7. The molecule has 0 heterocycles. The lowest BCUT2D eigenvalue weighted by atomic mass is 10.1. The van der Waals surface area contributed by atoms with Gasteiger partial charge in [-0.3, -0.25) is 9.59 Å². The van der Waals surface area contributed by atoms with E-state index in [2.05, 4.69) is 10.6 Å². The number of ether oxygens (including phenoxy) is 1. The Morgan fingerprint density at radius 2 is 2.06 bits per heavy atom. The smallest absolute Gasteiger partial charge is 0.245 e. The van der Waals surface area contributed by atoms with Gasteiger partial charge in [-0.2, -0.15) is 0 Å². The van der Waals surface area contributed by atoms with Crippen molar-refractivity contribution in [1.29, 1.82) is 0 Å². The Labute approximate surface area is 101 Å². The van der Waals surface area contributed by atoms with E-state index >= 15 is 0 Å². The van der Waals surface area contributed by atoms with Crippen molar-refractivity contribution < 1.29 is 19.4 Å². The molecule has 1 atom stereocenters. The summed E-state index contributed by atoms with van der Waals surface area (Å²) in [5.41, 5.74) is 4.53. The monoisotopic (exact) mass is 247 g/mol. The summed E-state index contributed by atoms with van der Waals surface area (Å²) >= 11 is 0. The third kappa shape index (κ3) is 6.20. The number of nitrogens with two attached hydrogens (primary N) is 1. The zero-order chi connectivity index (χ0) is 13.5. The molecule has 0 aliphatic carbocycles. The molecule has 0 fully saturated rings. The summed E-state index contributed by atoms with van der Waals surface area (Å²) in [5, 5.41) is 14.0. The zero-order valence-electron chi connectivity index (χ0n) is 10.4. The lowest BCUT2D eigenvalue weighted by Gasteiger charge is -2.27. The van der Waals surface area contributed by atoms with Crippen LogP contribution in [0, 0.1) is 0 Å². The minimum Gasteiger partial charge on any atom is -0.394 e. The fraction of sp³-hybridized carbons (Fsp3) is 0.800. The number of hydrogen-bond donors (Lipinski definition) is 4. The van der Waals surface area contributed by atoms with Crippen LogP contribution in [0.25, 0.3) is 0 Å². The van der Waals surface area contributed by atoms with Crippen LogP contribution in [0.15, 0.2) is 0 Å². The second kappa shape index (κ2) is 7.21. The highest BCUT2D eigenvalue weighted by molar-refractivity contribution is 5.88. The van der Waals surface area contributed by atoms with E-state index in [4.69, 9.17) is 15.6 Å². The first-order chi connectivity index (χ1) is 7.86. The Hall–Kier alpha value is -1.18. The lowest BCUT2D eigenvalue weighted by Crippen LogP contribution is -2.56. The number of carbonyl (C=O) groups is 2. The summed E-state index contributed by atoms with van der Waals surface area (Å²) in [5.74, 6) is -0.972. The van der Waals surface area contributed by atoms with E-state index in [0.29, 0.717) is 6.61 Å². The quantitative estimate of drug-likeness (QED) is 0.414. The second-order valence-corrected chi connectivity index (χ2v) is 4.31. The number of rotatable bonds is 7. The van der Waals surface area contributed by atoms with Crippen LogP contribution in [0.4, 0.5) is 0 Å². The van der Waals surface area contributed by atoms with Gasteiger partial charge >= 0.3 is 0 Å². The third-order valence-electron chi connectivity index (χ3n) is 1.99. The van der Waals surface area contributed by atoms with Crippen LogP contribution in [-0.4, -0.2) is 55.4 Å². The highest BCUT2D eigenvalue weighted by Gasteiger charge is 2.26. The predicted octanol–water partition coefficient (Wildman–Crippen LogP) is -2.04. The van der Waals surface area contributed by atoms with Crippen LogP contribution in [0.1, 0.15) is 13.8 Å². The lowest BCUT2D eigenvalue weighted by molar-refractivity contribution is -0.130. The maximum atomic E-state index is 11.7. The van der Waals surface area contributed by atoms with E-state index in [0.717, 1.165) is 0 Å². The van der Waals surface area contributed by atoms with Crippen molar-refractivity contribution >= 4 is 11.8 Å². The van der Waals surface area contributed by atoms with Gasteiger partial charge in [0.25, 0.3) is 0 Å². The van der Waals surface area contributed by atoms with Crippen molar-refractivity contribution in [2.75, 3.05) is 26.9 Å². The third-order valence-corrected chi connectivity index (χ3v) is 1.99. The van der Waals surface area contributed by atoms with Gasteiger partial charge in [0.1, 0.15) is 6.04 Å². The Bertz CT molecular complexity index is 268. The zero-order valence-corrected chi connectivity index (χ0v) is 10.4. The molecule has 7 nitrogen and oxygen atoms in total. The van der Waals surface area contributed by atoms with Crippen LogP contribution in [0.5, 0.6) is 0 Å². The van der Waals surface area contributed by atoms with Gasteiger partial charge in [-0.15, -0.1) is 0 Å². The molecule has 5 N–H and O–H groups in total. The predicted molar refractivity (Wildman–Crippen MR) is 62.2 cm³/mol. The number of nitrogens with one attached hydrogen (secondary N) is 2. The highest BCUT2D eigenvalue weighted by Crippen LogP contribution is 2.02. The maximum Gasteiger partial charge on any atom is 0.245 e. The molecule has 0 aromatic rings. The summed E-state index contributed by atoms with van der Waals surface area (Å²) in [6.45, 7) is 3.15. The van der Waals surface area contributed by atoms with Crippen molar-refractivity contribution in [3.05, 3.63) is 0 Å². The molecule has 7 heteroatoms. The van der Waals surface area contributed by atoms with Crippen molar-refractivity contribution in [2.24, 2.45) is 5.73 Å². The Morgan fingerprint density at radius 1 is 1.47 bits per heavy atom. The van der Waals surface area contributed by atoms with Crippen LogP contribution in [0.2, 0.25) is 0 Å². The molecular formula is C10H21N3O4. The van der Waals surface area contributed by atoms with E-state index in [1.165, 1.54) is 7.11 Å². The fourth-order valence-electron chi connectivity index (χ4n) is 1.26. The van der Waals surface area contributed by atoms with Gasteiger partial charge in [-0.05, 0) is 13.8 Å². The standard InChI is InChI=1S/C10H21N3O4/c1-10(2,6-17-3)13-9(16)7(5-14)12-8(15)4-11/h7,14H,4-6,11H2,1-3H3,(H,12,15)(H,13,16)/t7-/m0/s1. The number of hydrogen-bond acceptors (Lipinski definition) is 5. The van der Waals surface area contributed by atoms with Crippen molar-refractivity contribution in [3.8, 4) is 0 Å². The molecule has 0 saturated carbocycles. The first kappa shape index (κ1) is 15.8. The number of aliphatic hydroxyl groups is 1. The van der Waals surface area contributed by atoms with Crippen molar-refractivity contribution in [2.45, 2.75) is 25.4 Å². The average molecular weight is 247 g/mol. The van der Waals surface area contributed by atoms with Gasteiger partial charge in [0, 0.05) is 7.11 Å². The van der Waals surface area contributed by atoms with Crippen LogP contribution in [-0.2, 0) is 14.3 Å². The largest absolute Gasteiger partial charge is 0.394 e. The molecular weight excluding hydrogens is 226 g/mol. The second-order valence-electron chi connectivity index (χ2n) is 4.31. The van der Waals surface area contributed by atoms with E-state index < -0.39 is 30.0 Å². The van der Waals surface area contributed by atoms with E-state index in [-0.39, 0.29) is 6.54 Å². The summed E-state index contributed by atoms with van der Waals surface area (Å²) in [6.07, 6.45) is 0. The van der Waals surface area contributed by atoms with Gasteiger partial charge in [0.2, 0.25) is 11.8 Å². The van der Waals surface area contributed by atoms with E-state index in [9.17, 15) is 9.59 Å². The summed E-state index contributed by atoms with van der Waals surface area (Å²) in [4.78, 5) is 22.8.